The second-order valence-corrected chi connectivity index (χ2v) is 4.71. The molecular weight excluding hydrogens is 403 g/mol. The minimum atomic E-state index is -1.27. The number of rotatable bonds is 4. The van der Waals surface area contributed by atoms with Crippen LogP contribution >= 0.6 is 0 Å². The number of hydrogen-bond acceptors (Lipinski definition) is 8. The molecule has 0 heterocycles. The molecule has 0 fully saturated rings. The van der Waals surface area contributed by atoms with Crippen molar-refractivity contribution in [2.24, 2.45) is 0 Å². The van der Waals surface area contributed by atoms with Crippen molar-refractivity contribution >= 4 is 23.9 Å². The normalized spacial score (nSPS) is 8.96. The van der Waals surface area contributed by atoms with Crippen LogP contribution in [-0.4, -0.2) is 38.1 Å². The van der Waals surface area contributed by atoms with Gasteiger partial charge in [0.25, 0.3) is 0 Å². The van der Waals surface area contributed by atoms with Crippen LogP contribution in [0.3, 0.4) is 0 Å². The molecule has 0 N–H and O–H groups in total. The van der Waals surface area contributed by atoms with Gasteiger partial charge in [0, 0.05) is 0 Å². The Hall–Kier alpha value is -3.17. The van der Waals surface area contributed by atoms with E-state index < -0.39 is 23.9 Å². The van der Waals surface area contributed by atoms with E-state index in [0.717, 1.165) is 0 Å². The fourth-order valence-corrected chi connectivity index (χ4v) is 1.72. The van der Waals surface area contributed by atoms with Gasteiger partial charge in [0.15, 0.2) is 0 Å². The summed E-state index contributed by atoms with van der Waals surface area (Å²) in [6.45, 7) is 0. The maximum Gasteiger partial charge on any atom is 2.00 e. The summed E-state index contributed by atoms with van der Waals surface area (Å²) in [4.78, 5) is 42.5. The van der Waals surface area contributed by atoms with E-state index in [1.807, 2.05) is 0 Å². The van der Waals surface area contributed by atoms with Crippen LogP contribution < -0.4 is 10.2 Å². The van der Waals surface area contributed by atoms with Gasteiger partial charge < -0.3 is 29.3 Å². The molecule has 0 unspecified atom stereocenters. The smallest absolute Gasteiger partial charge is 0.545 e. The number of aromatic carboxylic acids is 2. The molecule has 0 saturated carbocycles. The summed E-state index contributed by atoms with van der Waals surface area (Å²) in [6, 6.07) is 10.7. The molecule has 27 heavy (non-hydrogen) atoms. The summed E-state index contributed by atoms with van der Waals surface area (Å²) < 4.78 is 8.87. The SMILES string of the molecule is COC(=O)c1ccc(C(=O)[O-])cc1.COC(=O)c1ccc(C(=O)[O-])cc1.[Co+2]. The van der Waals surface area contributed by atoms with Gasteiger partial charge in [0.05, 0.1) is 37.3 Å². The van der Waals surface area contributed by atoms with Gasteiger partial charge in [0.2, 0.25) is 0 Å². The maximum atomic E-state index is 10.9. The molecule has 143 valence electrons. The van der Waals surface area contributed by atoms with Gasteiger partial charge in [0.1, 0.15) is 0 Å². The summed E-state index contributed by atoms with van der Waals surface area (Å²) >= 11 is 0. The number of carbonyl (C=O) groups excluding carboxylic acids is 4. The van der Waals surface area contributed by atoms with Gasteiger partial charge in [-0.25, -0.2) is 9.59 Å². The first kappa shape index (κ1) is 23.8. The van der Waals surface area contributed by atoms with Crippen LogP contribution in [0.25, 0.3) is 0 Å². The zero-order chi connectivity index (χ0) is 19.7. The number of ether oxygens (including phenoxy) is 2. The number of carbonyl (C=O) groups is 4. The van der Waals surface area contributed by atoms with Crippen molar-refractivity contribution in [3.63, 3.8) is 0 Å². The van der Waals surface area contributed by atoms with Crippen molar-refractivity contribution in [2.45, 2.75) is 0 Å². The molecule has 9 heteroatoms. The van der Waals surface area contributed by atoms with Crippen LogP contribution in [-0.2, 0) is 26.3 Å². The van der Waals surface area contributed by atoms with Crippen molar-refractivity contribution in [1.29, 1.82) is 0 Å². The van der Waals surface area contributed by atoms with Crippen LogP contribution in [0.5, 0.6) is 0 Å². The molecule has 0 aliphatic carbocycles. The van der Waals surface area contributed by atoms with Crippen molar-refractivity contribution in [3.8, 4) is 0 Å². The maximum absolute atomic E-state index is 10.9. The quantitative estimate of drug-likeness (QED) is 0.618. The Morgan fingerprint density at radius 1 is 0.593 bits per heavy atom. The zero-order valence-corrected chi connectivity index (χ0v) is 15.3. The molecule has 0 saturated heterocycles. The Labute approximate surface area is 164 Å². The number of hydrogen-bond donors (Lipinski definition) is 0. The van der Waals surface area contributed by atoms with E-state index in [-0.39, 0.29) is 27.9 Å². The third kappa shape index (κ3) is 7.30. The number of benzene rings is 2. The minimum Gasteiger partial charge on any atom is -0.545 e. The molecule has 0 aliphatic heterocycles. The van der Waals surface area contributed by atoms with E-state index in [9.17, 15) is 29.4 Å². The van der Waals surface area contributed by atoms with Crippen LogP contribution in [0.2, 0.25) is 0 Å². The monoisotopic (exact) mass is 417 g/mol. The molecule has 0 atom stereocenters. The van der Waals surface area contributed by atoms with E-state index in [1.54, 1.807) is 0 Å². The Morgan fingerprint density at radius 3 is 1.00 bits per heavy atom. The summed E-state index contributed by atoms with van der Waals surface area (Å²) in [5.41, 5.74) is 0.695. The van der Waals surface area contributed by atoms with Gasteiger partial charge in [-0.1, -0.05) is 24.3 Å². The molecule has 1 radical (unpaired) electrons. The average molecular weight is 417 g/mol. The Kier molecular flexibility index (Phi) is 10.1. The molecule has 8 nitrogen and oxygen atoms in total. The molecule has 2 aromatic carbocycles. The topological polar surface area (TPSA) is 133 Å². The van der Waals surface area contributed by atoms with Gasteiger partial charge in [-0.3, -0.25) is 0 Å². The fourth-order valence-electron chi connectivity index (χ4n) is 1.72. The van der Waals surface area contributed by atoms with Gasteiger partial charge in [-0.15, -0.1) is 0 Å². The molecule has 2 aromatic rings. The Bertz CT molecular complexity index is 728. The van der Waals surface area contributed by atoms with E-state index >= 15 is 0 Å². The van der Waals surface area contributed by atoms with Gasteiger partial charge >= 0.3 is 28.7 Å². The van der Waals surface area contributed by atoms with Gasteiger partial charge in [-0.05, 0) is 35.4 Å². The third-order valence-electron chi connectivity index (χ3n) is 3.08. The first-order chi connectivity index (χ1) is 12.3. The summed E-state index contributed by atoms with van der Waals surface area (Å²) in [7, 11) is 2.52. The number of carboxylic acids is 2. The summed E-state index contributed by atoms with van der Waals surface area (Å²) in [5, 5.41) is 20.6. The molecule has 0 bridgehead atoms. The first-order valence-corrected chi connectivity index (χ1v) is 7.09. The standard InChI is InChI=1S/2C9H8O4.Co/c2*1-13-9(12)7-4-2-6(3-5-7)8(10)11;/h2*2-5H,1H3,(H,10,11);/q;;+2/p-2. The largest absolute Gasteiger partial charge is 2.00 e. The Morgan fingerprint density at radius 2 is 0.815 bits per heavy atom. The predicted octanol–water partition coefficient (Wildman–Crippen LogP) is -0.329. The van der Waals surface area contributed by atoms with Crippen LogP contribution in [0.1, 0.15) is 41.4 Å². The van der Waals surface area contributed by atoms with E-state index in [1.165, 1.54) is 62.8 Å². The summed E-state index contributed by atoms with van der Waals surface area (Å²) in [5.74, 6) is -3.53. The predicted molar refractivity (Wildman–Crippen MR) is 84.2 cm³/mol. The number of esters is 2. The minimum absolute atomic E-state index is 0. The second-order valence-electron chi connectivity index (χ2n) is 4.71. The van der Waals surface area contributed by atoms with E-state index in [0.29, 0.717) is 11.1 Å². The molecule has 0 aromatic heterocycles. The second kappa shape index (κ2) is 11.4. The molecule has 2 rings (SSSR count). The third-order valence-corrected chi connectivity index (χ3v) is 3.08. The fraction of sp³-hybridized carbons (Fsp3) is 0.111. The van der Waals surface area contributed by atoms with Crippen molar-refractivity contribution in [1.82, 2.24) is 0 Å². The van der Waals surface area contributed by atoms with E-state index in [2.05, 4.69) is 9.47 Å². The zero-order valence-electron chi connectivity index (χ0n) is 14.2. The van der Waals surface area contributed by atoms with Crippen LogP contribution in [0.4, 0.5) is 0 Å². The average Bonchev–Trinajstić information content (AvgIpc) is 2.67. The Balaban J connectivity index is 0.000000483. The number of methoxy groups -OCH3 is 2. The van der Waals surface area contributed by atoms with Gasteiger partial charge in [-0.2, -0.15) is 0 Å². The molecular formula is C18H14CoO8. The van der Waals surface area contributed by atoms with Crippen molar-refractivity contribution in [3.05, 3.63) is 70.8 Å². The first-order valence-electron chi connectivity index (χ1n) is 7.09. The summed E-state index contributed by atoms with van der Waals surface area (Å²) in [6.07, 6.45) is 0. The van der Waals surface area contributed by atoms with Crippen LogP contribution in [0, 0.1) is 0 Å². The van der Waals surface area contributed by atoms with E-state index in [4.69, 9.17) is 0 Å². The molecule has 0 spiro atoms. The molecule has 0 aliphatic rings. The number of carboxylic acid groups (broad SMARTS) is 2. The van der Waals surface area contributed by atoms with Crippen LogP contribution in [0.15, 0.2) is 48.5 Å². The molecule has 0 amide bonds. The van der Waals surface area contributed by atoms with Crippen molar-refractivity contribution in [2.75, 3.05) is 14.2 Å². The van der Waals surface area contributed by atoms with Crippen molar-refractivity contribution < 1.29 is 55.6 Å².